The van der Waals surface area contributed by atoms with Crippen LogP contribution in [0.3, 0.4) is 0 Å². The Balaban J connectivity index is 2.57. The number of carbonyl (C=O) groups excluding carboxylic acids is 2. The van der Waals surface area contributed by atoms with E-state index in [1.807, 2.05) is 0 Å². The Hall–Kier alpha value is -2.22. The number of sulfonamides is 1. The maximum absolute atomic E-state index is 12.6. The van der Waals surface area contributed by atoms with Crippen LogP contribution in [0.4, 0.5) is 0 Å². The minimum atomic E-state index is -4.08. The molecule has 0 aliphatic rings. The van der Waals surface area contributed by atoms with Gasteiger partial charge in [-0.25, -0.2) is 18.4 Å². The van der Waals surface area contributed by atoms with Gasteiger partial charge in [0.1, 0.15) is 4.90 Å². The minimum absolute atomic E-state index is 0.0368. The van der Waals surface area contributed by atoms with E-state index in [1.165, 1.54) is 31.4 Å². The molecule has 2 N–H and O–H groups in total. The van der Waals surface area contributed by atoms with Gasteiger partial charge in [-0.15, -0.1) is 0 Å². The highest BCUT2D eigenvalue weighted by Gasteiger charge is 2.21. The van der Waals surface area contributed by atoms with E-state index in [1.54, 1.807) is 12.1 Å². The zero-order chi connectivity index (χ0) is 17.2. The molecular weight excluding hydrogens is 342 g/mol. The standard InChI is InChI=1S/C15H12ClNO5S/c1-22-15(19)11-5-3-2-4-10(11)14(18)9-6-7-12(16)13(8-9)23(17,20)21/h2-8H,1H3,(H2,17,20,21). The predicted octanol–water partition coefficient (Wildman–Crippen LogP) is 2.01. The lowest BCUT2D eigenvalue weighted by Crippen LogP contribution is -2.15. The van der Waals surface area contributed by atoms with Crippen LogP contribution in [0.15, 0.2) is 47.4 Å². The normalized spacial score (nSPS) is 11.1. The first-order valence-corrected chi connectivity index (χ1v) is 8.22. The molecule has 0 unspecified atom stereocenters. The predicted molar refractivity (Wildman–Crippen MR) is 84.0 cm³/mol. The van der Waals surface area contributed by atoms with E-state index in [2.05, 4.69) is 4.74 Å². The average molecular weight is 354 g/mol. The lowest BCUT2D eigenvalue weighted by Gasteiger charge is -2.08. The molecule has 2 rings (SSSR count). The first kappa shape index (κ1) is 17.1. The highest BCUT2D eigenvalue weighted by molar-refractivity contribution is 7.89. The fourth-order valence-electron chi connectivity index (χ4n) is 1.99. The summed E-state index contributed by atoms with van der Waals surface area (Å²) in [5, 5.41) is 4.98. The van der Waals surface area contributed by atoms with Gasteiger partial charge in [-0.3, -0.25) is 4.79 Å². The van der Waals surface area contributed by atoms with Gasteiger partial charge in [0, 0.05) is 11.1 Å². The highest BCUT2D eigenvalue weighted by Crippen LogP contribution is 2.24. The number of rotatable bonds is 4. The SMILES string of the molecule is COC(=O)c1ccccc1C(=O)c1ccc(Cl)c(S(N)(=O)=O)c1. The van der Waals surface area contributed by atoms with Crippen LogP contribution >= 0.6 is 11.6 Å². The molecule has 0 spiro atoms. The van der Waals surface area contributed by atoms with E-state index >= 15 is 0 Å². The molecule has 120 valence electrons. The molecule has 0 aliphatic heterocycles. The van der Waals surface area contributed by atoms with Crippen LogP contribution in [0.2, 0.25) is 5.02 Å². The van der Waals surface area contributed by atoms with Gasteiger partial charge in [-0.05, 0) is 24.3 Å². The minimum Gasteiger partial charge on any atom is -0.465 e. The molecule has 0 aromatic heterocycles. The highest BCUT2D eigenvalue weighted by atomic mass is 35.5. The zero-order valence-corrected chi connectivity index (χ0v) is 13.5. The summed E-state index contributed by atoms with van der Waals surface area (Å²) in [6.07, 6.45) is 0. The first-order chi connectivity index (χ1) is 10.8. The van der Waals surface area contributed by atoms with E-state index in [9.17, 15) is 18.0 Å². The third-order valence-corrected chi connectivity index (χ3v) is 4.47. The maximum atomic E-state index is 12.6. The van der Waals surface area contributed by atoms with Crippen molar-refractivity contribution >= 4 is 33.4 Å². The van der Waals surface area contributed by atoms with Gasteiger partial charge in [0.2, 0.25) is 10.0 Å². The van der Waals surface area contributed by atoms with Crippen molar-refractivity contribution in [3.8, 4) is 0 Å². The molecule has 0 atom stereocenters. The number of esters is 1. The van der Waals surface area contributed by atoms with Crippen LogP contribution in [0.5, 0.6) is 0 Å². The van der Waals surface area contributed by atoms with Crippen molar-refractivity contribution in [3.63, 3.8) is 0 Å². The molecule has 0 bridgehead atoms. The maximum Gasteiger partial charge on any atom is 0.338 e. The van der Waals surface area contributed by atoms with Crippen LogP contribution in [0, 0.1) is 0 Å². The molecule has 2 aromatic carbocycles. The molecule has 0 saturated carbocycles. The van der Waals surface area contributed by atoms with E-state index in [-0.39, 0.29) is 26.6 Å². The molecule has 0 fully saturated rings. The lowest BCUT2D eigenvalue weighted by molar-refractivity contribution is 0.0597. The van der Waals surface area contributed by atoms with Crippen molar-refractivity contribution in [2.75, 3.05) is 7.11 Å². The Morgan fingerprint density at radius 1 is 1.09 bits per heavy atom. The third kappa shape index (κ3) is 3.58. The van der Waals surface area contributed by atoms with Gasteiger partial charge < -0.3 is 4.74 Å². The number of benzene rings is 2. The summed E-state index contributed by atoms with van der Waals surface area (Å²) in [6, 6.07) is 9.74. The number of halogens is 1. The number of primary sulfonamides is 1. The van der Waals surface area contributed by atoms with Crippen LogP contribution in [-0.2, 0) is 14.8 Å². The zero-order valence-electron chi connectivity index (χ0n) is 11.9. The van der Waals surface area contributed by atoms with Crippen molar-refractivity contribution in [2.45, 2.75) is 4.90 Å². The molecule has 0 saturated heterocycles. The summed E-state index contributed by atoms with van der Waals surface area (Å²) >= 11 is 5.79. The molecule has 0 heterocycles. The average Bonchev–Trinajstić information content (AvgIpc) is 2.52. The number of nitrogens with two attached hydrogens (primary N) is 1. The van der Waals surface area contributed by atoms with Crippen molar-refractivity contribution in [3.05, 3.63) is 64.2 Å². The van der Waals surface area contributed by atoms with Gasteiger partial charge in [0.15, 0.2) is 5.78 Å². The summed E-state index contributed by atoms with van der Waals surface area (Å²) in [5.41, 5.74) is 0.198. The van der Waals surface area contributed by atoms with Gasteiger partial charge in [0.25, 0.3) is 0 Å². The molecule has 6 nitrogen and oxygen atoms in total. The van der Waals surface area contributed by atoms with Crippen molar-refractivity contribution < 1.29 is 22.7 Å². The van der Waals surface area contributed by atoms with E-state index in [0.29, 0.717) is 0 Å². The summed E-state index contributed by atoms with van der Waals surface area (Å²) in [5.74, 6) is -1.22. The van der Waals surface area contributed by atoms with E-state index < -0.39 is 21.8 Å². The van der Waals surface area contributed by atoms with Gasteiger partial charge >= 0.3 is 5.97 Å². The Morgan fingerprint density at radius 3 is 2.26 bits per heavy atom. The Labute approximate surface area is 137 Å². The molecule has 23 heavy (non-hydrogen) atoms. The molecular formula is C15H12ClNO5S. The molecule has 2 aromatic rings. The molecule has 0 radical (unpaired) electrons. The monoisotopic (exact) mass is 353 g/mol. The van der Waals surface area contributed by atoms with Crippen LogP contribution in [0.1, 0.15) is 26.3 Å². The van der Waals surface area contributed by atoms with E-state index in [4.69, 9.17) is 16.7 Å². The Morgan fingerprint density at radius 2 is 1.70 bits per heavy atom. The number of hydrogen-bond donors (Lipinski definition) is 1. The quantitative estimate of drug-likeness (QED) is 0.668. The van der Waals surface area contributed by atoms with Crippen LogP contribution in [-0.4, -0.2) is 27.3 Å². The summed E-state index contributed by atoms with van der Waals surface area (Å²) in [4.78, 5) is 24.0. The number of hydrogen-bond acceptors (Lipinski definition) is 5. The lowest BCUT2D eigenvalue weighted by atomic mass is 9.98. The fraction of sp³-hybridized carbons (Fsp3) is 0.0667. The van der Waals surface area contributed by atoms with Crippen LogP contribution < -0.4 is 5.14 Å². The Bertz CT molecular complexity index is 892. The van der Waals surface area contributed by atoms with E-state index in [0.717, 1.165) is 6.07 Å². The fourth-order valence-corrected chi connectivity index (χ4v) is 3.06. The second-order valence-electron chi connectivity index (χ2n) is 4.56. The van der Waals surface area contributed by atoms with Crippen molar-refractivity contribution in [1.29, 1.82) is 0 Å². The number of carbonyl (C=O) groups is 2. The topological polar surface area (TPSA) is 104 Å². The van der Waals surface area contributed by atoms with Gasteiger partial charge in [0.05, 0.1) is 17.7 Å². The summed E-state index contributed by atoms with van der Waals surface area (Å²) < 4.78 is 27.6. The summed E-state index contributed by atoms with van der Waals surface area (Å²) in [6.45, 7) is 0. The second kappa shape index (κ2) is 6.49. The van der Waals surface area contributed by atoms with Crippen molar-refractivity contribution in [2.24, 2.45) is 5.14 Å². The van der Waals surface area contributed by atoms with Crippen molar-refractivity contribution in [1.82, 2.24) is 0 Å². The first-order valence-electron chi connectivity index (χ1n) is 6.30. The third-order valence-electron chi connectivity index (χ3n) is 3.08. The molecule has 0 amide bonds. The Kier molecular flexibility index (Phi) is 4.84. The van der Waals surface area contributed by atoms with Gasteiger partial charge in [-0.1, -0.05) is 29.8 Å². The summed E-state index contributed by atoms with van der Waals surface area (Å²) in [7, 11) is -2.88. The molecule has 0 aliphatic carbocycles. The largest absolute Gasteiger partial charge is 0.465 e. The number of methoxy groups -OCH3 is 1. The smallest absolute Gasteiger partial charge is 0.338 e. The van der Waals surface area contributed by atoms with Crippen LogP contribution in [0.25, 0.3) is 0 Å². The number of ether oxygens (including phenoxy) is 1. The molecule has 8 heteroatoms. The number of ketones is 1. The second-order valence-corrected chi connectivity index (χ2v) is 6.49. The van der Waals surface area contributed by atoms with Gasteiger partial charge in [-0.2, -0.15) is 0 Å².